The largest absolute Gasteiger partial charge is 0.336 e. The van der Waals surface area contributed by atoms with Gasteiger partial charge in [0.05, 0.1) is 10.5 Å². The molecule has 1 atom stereocenters. The smallest absolute Gasteiger partial charge is 0.219 e. The van der Waals surface area contributed by atoms with Gasteiger partial charge < -0.3 is 4.90 Å². The minimum Gasteiger partial charge on any atom is -0.336 e. The Morgan fingerprint density at radius 1 is 1.56 bits per heavy atom. The third-order valence-electron chi connectivity index (χ3n) is 2.99. The van der Waals surface area contributed by atoms with Gasteiger partial charge in [-0.05, 0) is 46.5 Å². The second-order valence-electron chi connectivity index (χ2n) is 4.04. The van der Waals surface area contributed by atoms with E-state index in [4.69, 9.17) is 0 Å². The number of rotatable bonds is 1. The topological polar surface area (TPSA) is 20.3 Å². The van der Waals surface area contributed by atoms with Crippen LogP contribution in [-0.4, -0.2) is 17.4 Å². The molecule has 2 rings (SSSR count). The lowest BCUT2D eigenvalue weighted by molar-refractivity contribution is -0.129. The molecule has 16 heavy (non-hydrogen) atoms. The molecule has 4 heteroatoms. The highest BCUT2D eigenvalue weighted by molar-refractivity contribution is 9.10. The van der Waals surface area contributed by atoms with Gasteiger partial charge in [0.15, 0.2) is 0 Å². The predicted octanol–water partition coefficient (Wildman–Crippen LogP) is 3.27. The number of benzene rings is 1. The number of carbonyl (C=O) groups excluding carboxylic acids is 1. The molecule has 0 aliphatic carbocycles. The van der Waals surface area contributed by atoms with Crippen LogP contribution in [0, 0.1) is 5.82 Å². The number of halogens is 2. The van der Waals surface area contributed by atoms with Crippen LogP contribution in [0.1, 0.15) is 31.4 Å². The molecule has 1 heterocycles. The van der Waals surface area contributed by atoms with Crippen LogP contribution in [0.5, 0.6) is 0 Å². The summed E-state index contributed by atoms with van der Waals surface area (Å²) < 4.78 is 13.6. The van der Waals surface area contributed by atoms with Crippen molar-refractivity contribution in [3.63, 3.8) is 0 Å². The fraction of sp³-hybridized carbons (Fsp3) is 0.417. The van der Waals surface area contributed by atoms with Gasteiger partial charge in [-0.3, -0.25) is 4.79 Å². The second-order valence-corrected chi connectivity index (χ2v) is 4.90. The summed E-state index contributed by atoms with van der Waals surface area (Å²) >= 11 is 3.17. The fourth-order valence-corrected chi connectivity index (χ4v) is 2.61. The Balaban J connectivity index is 2.29. The molecule has 0 radical (unpaired) electrons. The maximum absolute atomic E-state index is 13.1. The number of carbonyl (C=O) groups is 1. The molecule has 2 nitrogen and oxygen atoms in total. The number of hydrogen-bond acceptors (Lipinski definition) is 1. The lowest BCUT2D eigenvalue weighted by atomic mass is 10.0. The van der Waals surface area contributed by atoms with Crippen LogP contribution in [0.15, 0.2) is 22.7 Å². The van der Waals surface area contributed by atoms with Gasteiger partial charge in [-0.2, -0.15) is 0 Å². The molecule has 1 saturated heterocycles. The van der Waals surface area contributed by atoms with E-state index in [1.807, 2.05) is 4.90 Å². The molecule has 0 N–H and O–H groups in total. The Labute approximate surface area is 103 Å². The SMILES string of the molecule is CC(=O)N1CCCC1c1ccc(F)c(Br)c1. The molecule has 1 unspecified atom stereocenters. The monoisotopic (exact) mass is 285 g/mol. The van der Waals surface area contributed by atoms with Crippen molar-refractivity contribution in [2.45, 2.75) is 25.8 Å². The molecule has 1 aliphatic rings. The van der Waals surface area contributed by atoms with Crippen molar-refractivity contribution in [3.05, 3.63) is 34.1 Å². The van der Waals surface area contributed by atoms with Crippen molar-refractivity contribution in [3.8, 4) is 0 Å². The highest BCUT2D eigenvalue weighted by Gasteiger charge is 2.27. The number of hydrogen-bond donors (Lipinski definition) is 0. The van der Waals surface area contributed by atoms with E-state index >= 15 is 0 Å². The molecule has 1 amide bonds. The van der Waals surface area contributed by atoms with Crippen molar-refractivity contribution in [2.24, 2.45) is 0 Å². The van der Waals surface area contributed by atoms with Gasteiger partial charge >= 0.3 is 0 Å². The molecule has 1 fully saturated rings. The minimum absolute atomic E-state index is 0.0861. The first-order valence-corrected chi connectivity index (χ1v) is 6.11. The van der Waals surface area contributed by atoms with E-state index in [1.54, 1.807) is 19.1 Å². The summed E-state index contributed by atoms with van der Waals surface area (Å²) in [6, 6.07) is 5.07. The minimum atomic E-state index is -0.267. The normalized spacial score (nSPS) is 20.2. The highest BCUT2D eigenvalue weighted by atomic mass is 79.9. The summed E-state index contributed by atoms with van der Waals surface area (Å²) in [7, 11) is 0. The molecule has 0 bridgehead atoms. The van der Waals surface area contributed by atoms with E-state index in [0.717, 1.165) is 24.9 Å². The molecule has 1 aliphatic heterocycles. The summed E-state index contributed by atoms with van der Waals surface area (Å²) in [4.78, 5) is 13.3. The average molecular weight is 286 g/mol. The van der Waals surface area contributed by atoms with Gasteiger partial charge in [0.25, 0.3) is 0 Å². The summed E-state index contributed by atoms with van der Waals surface area (Å²) in [5, 5.41) is 0. The molecule has 0 spiro atoms. The third kappa shape index (κ3) is 2.12. The van der Waals surface area contributed by atoms with Crippen molar-refractivity contribution in [1.29, 1.82) is 0 Å². The zero-order valence-electron chi connectivity index (χ0n) is 9.04. The molecular weight excluding hydrogens is 273 g/mol. The zero-order valence-corrected chi connectivity index (χ0v) is 10.6. The van der Waals surface area contributed by atoms with Crippen molar-refractivity contribution >= 4 is 21.8 Å². The molecule has 0 aromatic heterocycles. The summed E-state index contributed by atoms with van der Waals surface area (Å²) in [5.41, 5.74) is 1.00. The Kier molecular flexibility index (Phi) is 3.28. The first-order chi connectivity index (χ1) is 7.59. The van der Waals surface area contributed by atoms with Crippen LogP contribution >= 0.6 is 15.9 Å². The predicted molar refractivity (Wildman–Crippen MR) is 63.5 cm³/mol. The van der Waals surface area contributed by atoms with Gasteiger partial charge in [0, 0.05) is 13.5 Å². The average Bonchev–Trinajstić information content (AvgIpc) is 2.71. The van der Waals surface area contributed by atoms with Crippen LogP contribution < -0.4 is 0 Å². The summed E-state index contributed by atoms with van der Waals surface area (Å²) in [6.07, 6.45) is 1.97. The first-order valence-electron chi connectivity index (χ1n) is 5.32. The summed E-state index contributed by atoms with van der Waals surface area (Å²) in [5.74, 6) is -0.181. The van der Waals surface area contributed by atoms with Gasteiger partial charge in [-0.1, -0.05) is 6.07 Å². The molecule has 0 saturated carbocycles. The van der Waals surface area contributed by atoms with E-state index in [0.29, 0.717) is 4.47 Å². The third-order valence-corrected chi connectivity index (χ3v) is 3.59. The van der Waals surface area contributed by atoms with E-state index in [2.05, 4.69) is 15.9 Å². The van der Waals surface area contributed by atoms with Crippen LogP contribution in [-0.2, 0) is 4.79 Å². The lowest BCUT2D eigenvalue weighted by Gasteiger charge is -2.23. The Bertz CT molecular complexity index is 421. The van der Waals surface area contributed by atoms with E-state index in [1.165, 1.54) is 6.07 Å². The molecule has 1 aromatic rings. The molecule has 86 valence electrons. The van der Waals surface area contributed by atoms with E-state index in [-0.39, 0.29) is 17.8 Å². The van der Waals surface area contributed by atoms with Crippen LogP contribution in [0.25, 0.3) is 0 Å². The van der Waals surface area contributed by atoms with Crippen molar-refractivity contribution < 1.29 is 9.18 Å². The van der Waals surface area contributed by atoms with Crippen molar-refractivity contribution in [2.75, 3.05) is 6.54 Å². The number of nitrogens with zero attached hydrogens (tertiary/aromatic N) is 1. The molecular formula is C12H13BrFNO. The maximum Gasteiger partial charge on any atom is 0.219 e. The maximum atomic E-state index is 13.1. The van der Waals surface area contributed by atoms with Gasteiger partial charge in [0.1, 0.15) is 5.82 Å². The Hall–Kier alpha value is -0.900. The van der Waals surface area contributed by atoms with E-state index in [9.17, 15) is 9.18 Å². The second kappa shape index (κ2) is 4.53. The Morgan fingerprint density at radius 2 is 2.31 bits per heavy atom. The molecule has 1 aromatic carbocycles. The van der Waals surface area contributed by atoms with Crippen LogP contribution in [0.3, 0.4) is 0 Å². The standard InChI is InChI=1S/C12H13BrFNO/c1-8(16)15-6-2-3-12(15)9-4-5-11(14)10(13)7-9/h4-5,7,12H,2-3,6H2,1H3. The van der Waals surface area contributed by atoms with Gasteiger partial charge in [-0.15, -0.1) is 0 Å². The Morgan fingerprint density at radius 3 is 2.94 bits per heavy atom. The lowest BCUT2D eigenvalue weighted by Crippen LogP contribution is -2.28. The van der Waals surface area contributed by atoms with Crippen molar-refractivity contribution in [1.82, 2.24) is 4.90 Å². The quantitative estimate of drug-likeness (QED) is 0.776. The van der Waals surface area contributed by atoms with Gasteiger partial charge in [-0.25, -0.2) is 4.39 Å². The number of likely N-dealkylation sites (tertiary alicyclic amines) is 1. The van der Waals surface area contributed by atoms with Gasteiger partial charge in [0.2, 0.25) is 5.91 Å². The van der Waals surface area contributed by atoms with Crippen LogP contribution in [0.4, 0.5) is 4.39 Å². The van der Waals surface area contributed by atoms with E-state index < -0.39 is 0 Å². The fourth-order valence-electron chi connectivity index (χ4n) is 2.21. The highest BCUT2D eigenvalue weighted by Crippen LogP contribution is 2.33. The van der Waals surface area contributed by atoms with Crippen LogP contribution in [0.2, 0.25) is 0 Å². The first kappa shape index (κ1) is 11.6. The summed E-state index contributed by atoms with van der Waals surface area (Å²) in [6.45, 7) is 2.38. The number of amides is 1. The zero-order chi connectivity index (χ0) is 11.7.